The molecule has 0 fully saturated rings. The molecule has 0 bridgehead atoms. The highest BCUT2D eigenvalue weighted by atomic mass is 19.1. The first-order valence-electron chi connectivity index (χ1n) is 8.05. The third kappa shape index (κ3) is 2.54. The number of hydrogen-bond acceptors (Lipinski definition) is 3. The molecule has 0 amide bonds. The first-order valence-corrected chi connectivity index (χ1v) is 8.05. The average Bonchev–Trinajstić information content (AvgIpc) is 2.91. The number of para-hydroxylation sites is 1. The second-order valence-corrected chi connectivity index (χ2v) is 6.42. The van der Waals surface area contributed by atoms with Gasteiger partial charge in [0, 0.05) is 22.5 Å². The number of furan rings is 1. The van der Waals surface area contributed by atoms with Crippen molar-refractivity contribution in [2.75, 3.05) is 0 Å². The summed E-state index contributed by atoms with van der Waals surface area (Å²) in [6.07, 6.45) is 2.82. The highest BCUT2D eigenvalue weighted by Crippen LogP contribution is 2.34. The van der Waals surface area contributed by atoms with Gasteiger partial charge in [0.15, 0.2) is 0 Å². The second kappa shape index (κ2) is 5.71. The summed E-state index contributed by atoms with van der Waals surface area (Å²) in [5.41, 5.74) is 4.01. The fraction of sp³-hybridized carbons (Fsp3) is 0.200. The topological polar surface area (TPSA) is 38.9 Å². The number of nitrogens with zero attached hydrogens (tertiary/aromatic N) is 2. The van der Waals surface area contributed by atoms with E-state index in [1.54, 1.807) is 6.07 Å². The summed E-state index contributed by atoms with van der Waals surface area (Å²) in [4.78, 5) is 8.35. The Morgan fingerprint density at radius 2 is 1.96 bits per heavy atom. The maximum atomic E-state index is 13.4. The molecule has 0 aliphatic carbocycles. The number of benzene rings is 1. The van der Waals surface area contributed by atoms with Crippen LogP contribution in [0, 0.1) is 11.9 Å². The van der Waals surface area contributed by atoms with E-state index in [1.165, 1.54) is 11.6 Å². The normalized spacial score (nSPS) is 11.7. The molecule has 0 atom stereocenters. The third-order valence-corrected chi connectivity index (χ3v) is 4.07. The SMILES string of the molecule is CC(C)Cc1ccnc(-c2cccc3c2oc2nc(F)ccc23)c1. The molecule has 0 saturated carbocycles. The standard InChI is InChI=1S/C20H17FN2O/c1-12(2)10-13-8-9-22-17(11-13)16-5-3-4-14-15-6-7-18(21)23-20(15)24-19(14)16/h3-9,11-12H,10H2,1-2H3. The fourth-order valence-electron chi connectivity index (χ4n) is 3.08. The van der Waals surface area contributed by atoms with Crippen molar-refractivity contribution < 1.29 is 8.81 Å². The molecule has 0 aliphatic rings. The van der Waals surface area contributed by atoms with Gasteiger partial charge >= 0.3 is 0 Å². The smallest absolute Gasteiger partial charge is 0.229 e. The van der Waals surface area contributed by atoms with Crippen molar-refractivity contribution in [1.29, 1.82) is 0 Å². The molecule has 3 heterocycles. The van der Waals surface area contributed by atoms with E-state index in [1.807, 2.05) is 30.5 Å². The van der Waals surface area contributed by atoms with E-state index < -0.39 is 5.95 Å². The summed E-state index contributed by atoms with van der Waals surface area (Å²) >= 11 is 0. The van der Waals surface area contributed by atoms with Gasteiger partial charge < -0.3 is 4.42 Å². The van der Waals surface area contributed by atoms with Crippen LogP contribution in [-0.2, 0) is 6.42 Å². The molecule has 4 aromatic rings. The van der Waals surface area contributed by atoms with Crippen LogP contribution in [-0.4, -0.2) is 9.97 Å². The zero-order valence-electron chi connectivity index (χ0n) is 13.6. The molecule has 4 heteroatoms. The van der Waals surface area contributed by atoms with Crippen LogP contribution in [0.25, 0.3) is 33.3 Å². The number of rotatable bonds is 3. The molecule has 4 rings (SSSR count). The summed E-state index contributed by atoms with van der Waals surface area (Å²) in [6.45, 7) is 4.39. The van der Waals surface area contributed by atoms with Crippen LogP contribution in [0.3, 0.4) is 0 Å². The van der Waals surface area contributed by atoms with E-state index in [2.05, 4.69) is 29.9 Å². The van der Waals surface area contributed by atoms with Gasteiger partial charge in [-0.15, -0.1) is 0 Å². The Morgan fingerprint density at radius 3 is 2.79 bits per heavy atom. The van der Waals surface area contributed by atoms with E-state index >= 15 is 0 Å². The van der Waals surface area contributed by atoms with Crippen molar-refractivity contribution in [1.82, 2.24) is 9.97 Å². The summed E-state index contributed by atoms with van der Waals surface area (Å²) in [5, 5.41) is 1.73. The molecule has 3 aromatic heterocycles. The highest BCUT2D eigenvalue weighted by Gasteiger charge is 2.14. The lowest BCUT2D eigenvalue weighted by Gasteiger charge is -2.07. The number of halogens is 1. The number of fused-ring (bicyclic) bond motifs is 3. The quantitative estimate of drug-likeness (QED) is 0.476. The lowest BCUT2D eigenvalue weighted by atomic mass is 10.0. The fourth-order valence-corrected chi connectivity index (χ4v) is 3.08. The second-order valence-electron chi connectivity index (χ2n) is 6.42. The van der Waals surface area contributed by atoms with E-state index in [9.17, 15) is 4.39 Å². The van der Waals surface area contributed by atoms with Gasteiger partial charge in [0.1, 0.15) is 5.58 Å². The van der Waals surface area contributed by atoms with Crippen molar-refractivity contribution in [3.8, 4) is 11.3 Å². The van der Waals surface area contributed by atoms with E-state index in [0.29, 0.717) is 17.2 Å². The Balaban J connectivity index is 1.92. The molecule has 0 aliphatic heterocycles. The lowest BCUT2D eigenvalue weighted by molar-refractivity contribution is 0.569. The monoisotopic (exact) mass is 320 g/mol. The van der Waals surface area contributed by atoms with Crippen molar-refractivity contribution in [2.45, 2.75) is 20.3 Å². The average molecular weight is 320 g/mol. The van der Waals surface area contributed by atoms with E-state index in [4.69, 9.17) is 4.42 Å². The summed E-state index contributed by atoms with van der Waals surface area (Å²) in [5.74, 6) is 0.0366. The molecule has 0 saturated heterocycles. The largest absolute Gasteiger partial charge is 0.437 e. The molecule has 24 heavy (non-hydrogen) atoms. The van der Waals surface area contributed by atoms with Gasteiger partial charge in [-0.25, -0.2) is 0 Å². The van der Waals surface area contributed by atoms with Crippen LogP contribution in [0.4, 0.5) is 4.39 Å². The van der Waals surface area contributed by atoms with Crippen molar-refractivity contribution in [2.24, 2.45) is 5.92 Å². The zero-order chi connectivity index (χ0) is 16.7. The van der Waals surface area contributed by atoms with Crippen LogP contribution < -0.4 is 0 Å². The Kier molecular flexibility index (Phi) is 3.53. The third-order valence-electron chi connectivity index (χ3n) is 4.07. The summed E-state index contributed by atoms with van der Waals surface area (Å²) < 4.78 is 19.2. The molecular formula is C20H17FN2O. The molecule has 0 N–H and O–H groups in total. The highest BCUT2D eigenvalue weighted by molar-refractivity contribution is 6.08. The Bertz CT molecular complexity index is 1040. The van der Waals surface area contributed by atoms with Gasteiger partial charge in [-0.05, 0) is 48.2 Å². The van der Waals surface area contributed by atoms with Crippen LogP contribution >= 0.6 is 0 Å². The molecule has 3 nitrogen and oxygen atoms in total. The summed E-state index contributed by atoms with van der Waals surface area (Å²) in [6, 6.07) is 13.1. The molecule has 120 valence electrons. The van der Waals surface area contributed by atoms with Gasteiger partial charge in [0.2, 0.25) is 11.7 Å². The molecular weight excluding hydrogens is 303 g/mol. The van der Waals surface area contributed by atoms with Crippen molar-refractivity contribution in [3.05, 3.63) is 60.2 Å². The van der Waals surface area contributed by atoms with Crippen molar-refractivity contribution >= 4 is 22.1 Å². The van der Waals surface area contributed by atoms with E-state index in [0.717, 1.165) is 28.5 Å². The molecule has 1 aromatic carbocycles. The first-order chi connectivity index (χ1) is 11.6. The van der Waals surface area contributed by atoms with Gasteiger partial charge in [0.05, 0.1) is 5.69 Å². The van der Waals surface area contributed by atoms with Gasteiger partial charge in [-0.1, -0.05) is 26.0 Å². The minimum Gasteiger partial charge on any atom is -0.437 e. The van der Waals surface area contributed by atoms with Crippen LogP contribution in [0.2, 0.25) is 0 Å². The number of aromatic nitrogens is 2. The molecule has 0 unspecified atom stereocenters. The van der Waals surface area contributed by atoms with Crippen LogP contribution in [0.5, 0.6) is 0 Å². The molecule has 0 radical (unpaired) electrons. The zero-order valence-corrected chi connectivity index (χ0v) is 13.6. The predicted octanol–water partition coefficient (Wildman–Crippen LogP) is 5.38. The summed E-state index contributed by atoms with van der Waals surface area (Å²) in [7, 11) is 0. The predicted molar refractivity (Wildman–Crippen MR) is 93.2 cm³/mol. The Morgan fingerprint density at radius 1 is 1.08 bits per heavy atom. The maximum absolute atomic E-state index is 13.4. The first kappa shape index (κ1) is 14.8. The lowest BCUT2D eigenvalue weighted by Crippen LogP contribution is -1.95. The minimum absolute atomic E-state index is 0.316. The Hall–Kier alpha value is -2.75. The minimum atomic E-state index is -0.542. The number of pyridine rings is 2. The maximum Gasteiger partial charge on any atom is 0.229 e. The molecule has 0 spiro atoms. The van der Waals surface area contributed by atoms with Crippen molar-refractivity contribution in [3.63, 3.8) is 0 Å². The van der Waals surface area contributed by atoms with Gasteiger partial charge in [-0.3, -0.25) is 4.98 Å². The van der Waals surface area contributed by atoms with Gasteiger partial charge in [-0.2, -0.15) is 9.37 Å². The van der Waals surface area contributed by atoms with E-state index in [-0.39, 0.29) is 0 Å². The van der Waals surface area contributed by atoms with Crippen LogP contribution in [0.15, 0.2) is 53.1 Å². The van der Waals surface area contributed by atoms with Crippen LogP contribution in [0.1, 0.15) is 19.4 Å². The Labute approximate surface area is 139 Å². The van der Waals surface area contributed by atoms with Gasteiger partial charge in [0.25, 0.3) is 0 Å². The number of hydrogen-bond donors (Lipinski definition) is 0.